The van der Waals surface area contributed by atoms with E-state index >= 15 is 0 Å². The number of pyridine rings is 1. The molecule has 4 rings (SSSR count). The Kier molecular flexibility index (Phi) is 6.31. The molecule has 0 radical (unpaired) electrons. The highest BCUT2D eigenvalue weighted by molar-refractivity contribution is 7.90. The van der Waals surface area contributed by atoms with Crippen molar-refractivity contribution in [2.45, 2.75) is 48.9 Å². The van der Waals surface area contributed by atoms with Crippen LogP contribution in [0.3, 0.4) is 0 Å². The Morgan fingerprint density at radius 1 is 1.06 bits per heavy atom. The SMILES string of the molecule is CCCC1(O)CCN(C(=O)c2ccc(CS(=O)(=O)c3cccc4cccnc34)cc2)CC1. The maximum atomic E-state index is 13.1. The number of aliphatic hydroxyl groups is 1. The van der Waals surface area contributed by atoms with Crippen LogP contribution in [0.4, 0.5) is 0 Å². The van der Waals surface area contributed by atoms with Crippen LogP contribution in [-0.2, 0) is 15.6 Å². The minimum absolute atomic E-state index is 0.0868. The van der Waals surface area contributed by atoms with E-state index in [2.05, 4.69) is 4.98 Å². The molecule has 1 aliphatic rings. The highest BCUT2D eigenvalue weighted by atomic mass is 32.2. The number of carbonyl (C=O) groups is 1. The van der Waals surface area contributed by atoms with Crippen molar-refractivity contribution >= 4 is 26.6 Å². The number of para-hydroxylation sites is 1. The number of amides is 1. The molecule has 2 aromatic carbocycles. The molecule has 1 amide bonds. The smallest absolute Gasteiger partial charge is 0.253 e. The Morgan fingerprint density at radius 2 is 1.75 bits per heavy atom. The molecule has 32 heavy (non-hydrogen) atoms. The second-order valence-corrected chi connectivity index (χ2v) is 10.5. The molecule has 0 unspecified atom stereocenters. The van der Waals surface area contributed by atoms with Crippen LogP contribution < -0.4 is 0 Å². The number of benzene rings is 2. The first-order valence-corrected chi connectivity index (χ1v) is 12.6. The summed E-state index contributed by atoms with van der Waals surface area (Å²) in [4.78, 5) is 19.1. The van der Waals surface area contributed by atoms with Gasteiger partial charge in [0.2, 0.25) is 0 Å². The maximum absolute atomic E-state index is 13.1. The van der Waals surface area contributed by atoms with E-state index in [1.807, 2.05) is 19.1 Å². The summed E-state index contributed by atoms with van der Waals surface area (Å²) in [5.41, 5.74) is 0.944. The third-order valence-corrected chi connectivity index (χ3v) is 7.90. The van der Waals surface area contributed by atoms with Crippen LogP contribution in [0, 0.1) is 0 Å². The van der Waals surface area contributed by atoms with Crippen molar-refractivity contribution in [3.05, 3.63) is 71.9 Å². The summed E-state index contributed by atoms with van der Waals surface area (Å²) >= 11 is 0. The molecular formula is C25H28N2O4S. The molecular weight excluding hydrogens is 424 g/mol. The van der Waals surface area contributed by atoms with Crippen LogP contribution in [0.25, 0.3) is 10.9 Å². The van der Waals surface area contributed by atoms with Crippen molar-refractivity contribution in [2.75, 3.05) is 13.1 Å². The van der Waals surface area contributed by atoms with Gasteiger partial charge in [-0.05, 0) is 49.1 Å². The Morgan fingerprint density at radius 3 is 2.44 bits per heavy atom. The van der Waals surface area contributed by atoms with Gasteiger partial charge in [0.05, 0.1) is 21.8 Å². The zero-order valence-electron chi connectivity index (χ0n) is 18.2. The second kappa shape index (κ2) is 9.00. The highest BCUT2D eigenvalue weighted by Crippen LogP contribution is 2.28. The lowest BCUT2D eigenvalue weighted by atomic mass is 9.87. The molecule has 0 aliphatic carbocycles. The second-order valence-electron chi connectivity index (χ2n) is 8.55. The predicted molar refractivity (Wildman–Crippen MR) is 124 cm³/mol. The molecule has 1 saturated heterocycles. The van der Waals surface area contributed by atoms with Crippen LogP contribution in [0.5, 0.6) is 0 Å². The molecule has 3 aromatic rings. The van der Waals surface area contributed by atoms with E-state index in [4.69, 9.17) is 0 Å². The van der Waals surface area contributed by atoms with Crippen LogP contribution >= 0.6 is 0 Å². The van der Waals surface area contributed by atoms with E-state index in [1.165, 1.54) is 0 Å². The zero-order valence-corrected chi connectivity index (χ0v) is 19.0. The summed E-state index contributed by atoms with van der Waals surface area (Å²) in [6, 6.07) is 15.5. The number of aromatic nitrogens is 1. The lowest BCUT2D eigenvalue weighted by Crippen LogP contribution is -2.46. The van der Waals surface area contributed by atoms with Gasteiger partial charge in [0.25, 0.3) is 5.91 Å². The summed E-state index contributed by atoms with van der Waals surface area (Å²) in [6.45, 7) is 3.10. The molecule has 0 bridgehead atoms. The van der Waals surface area contributed by atoms with E-state index in [1.54, 1.807) is 53.6 Å². The summed E-state index contributed by atoms with van der Waals surface area (Å²) < 4.78 is 26.1. The number of likely N-dealkylation sites (tertiary alicyclic amines) is 1. The van der Waals surface area contributed by atoms with Gasteiger partial charge in [0, 0.05) is 30.2 Å². The summed E-state index contributed by atoms with van der Waals surface area (Å²) in [5.74, 6) is -0.249. The van der Waals surface area contributed by atoms with Gasteiger partial charge < -0.3 is 10.0 Å². The van der Waals surface area contributed by atoms with Gasteiger partial charge in [-0.15, -0.1) is 0 Å². The lowest BCUT2D eigenvalue weighted by Gasteiger charge is -2.38. The molecule has 0 atom stereocenters. The van der Waals surface area contributed by atoms with Crippen LogP contribution in [-0.4, -0.2) is 48.0 Å². The van der Waals surface area contributed by atoms with Crippen molar-refractivity contribution in [1.82, 2.24) is 9.88 Å². The number of rotatable bonds is 6. The average Bonchev–Trinajstić information content (AvgIpc) is 2.79. The Bertz CT molecular complexity index is 1210. The minimum Gasteiger partial charge on any atom is -0.390 e. The number of hydrogen-bond donors (Lipinski definition) is 1. The van der Waals surface area contributed by atoms with Crippen molar-refractivity contribution in [3.63, 3.8) is 0 Å². The summed E-state index contributed by atoms with van der Waals surface area (Å²) in [7, 11) is -3.60. The molecule has 1 aliphatic heterocycles. The Hall–Kier alpha value is -2.77. The molecule has 7 heteroatoms. The fraction of sp³-hybridized carbons (Fsp3) is 0.360. The van der Waals surface area contributed by atoms with E-state index < -0.39 is 15.4 Å². The molecule has 0 saturated carbocycles. The molecule has 1 N–H and O–H groups in total. The third kappa shape index (κ3) is 4.69. The van der Waals surface area contributed by atoms with Gasteiger partial charge >= 0.3 is 0 Å². The van der Waals surface area contributed by atoms with E-state index in [9.17, 15) is 18.3 Å². The van der Waals surface area contributed by atoms with Gasteiger partial charge in [0.1, 0.15) is 0 Å². The van der Waals surface area contributed by atoms with Crippen molar-refractivity contribution in [2.24, 2.45) is 0 Å². The topological polar surface area (TPSA) is 87.6 Å². The Labute approximate surface area is 188 Å². The molecule has 2 heterocycles. The van der Waals surface area contributed by atoms with Gasteiger partial charge in [-0.1, -0.05) is 43.7 Å². The fourth-order valence-corrected chi connectivity index (χ4v) is 5.93. The first kappa shape index (κ1) is 22.4. The molecule has 1 aromatic heterocycles. The molecule has 1 fully saturated rings. The minimum atomic E-state index is -3.60. The Balaban J connectivity index is 1.46. The summed E-state index contributed by atoms with van der Waals surface area (Å²) in [5, 5.41) is 11.3. The van der Waals surface area contributed by atoms with E-state index in [-0.39, 0.29) is 16.6 Å². The number of piperidine rings is 1. The first-order valence-electron chi connectivity index (χ1n) is 11.0. The van der Waals surface area contributed by atoms with Gasteiger partial charge in [-0.25, -0.2) is 8.42 Å². The van der Waals surface area contributed by atoms with Gasteiger partial charge in [-0.3, -0.25) is 9.78 Å². The number of fused-ring (bicyclic) bond motifs is 1. The van der Waals surface area contributed by atoms with Crippen LogP contribution in [0.1, 0.15) is 48.5 Å². The monoisotopic (exact) mass is 452 g/mol. The molecule has 168 valence electrons. The standard InChI is InChI=1S/C25H28N2O4S/c1-2-12-25(29)13-16-27(17-14-25)24(28)21-10-8-19(9-11-21)18-32(30,31)22-7-3-5-20-6-4-15-26-23(20)22/h3-11,15,29H,2,12-14,16-18H2,1H3. The molecule has 6 nitrogen and oxygen atoms in total. The predicted octanol–water partition coefficient (Wildman–Crippen LogP) is 3.98. The largest absolute Gasteiger partial charge is 0.390 e. The van der Waals surface area contributed by atoms with Crippen molar-refractivity contribution in [3.8, 4) is 0 Å². The third-order valence-electron chi connectivity index (χ3n) is 6.19. The quantitative estimate of drug-likeness (QED) is 0.611. The zero-order chi connectivity index (χ0) is 22.8. The number of nitrogens with zero attached hydrogens (tertiary/aromatic N) is 2. The van der Waals surface area contributed by atoms with E-state index in [0.717, 1.165) is 18.2 Å². The number of sulfone groups is 1. The normalized spacial score (nSPS) is 16.2. The number of hydrogen-bond acceptors (Lipinski definition) is 5. The van der Waals surface area contributed by atoms with Crippen molar-refractivity contribution in [1.29, 1.82) is 0 Å². The van der Waals surface area contributed by atoms with Gasteiger partial charge in [-0.2, -0.15) is 0 Å². The summed E-state index contributed by atoms with van der Waals surface area (Å²) in [6.07, 6.45) is 4.43. The van der Waals surface area contributed by atoms with E-state index in [0.29, 0.717) is 42.6 Å². The number of carbonyl (C=O) groups excluding carboxylic acids is 1. The first-order chi connectivity index (χ1) is 15.3. The van der Waals surface area contributed by atoms with Gasteiger partial charge in [0.15, 0.2) is 9.84 Å². The lowest BCUT2D eigenvalue weighted by molar-refractivity contribution is -0.0233. The van der Waals surface area contributed by atoms with Crippen molar-refractivity contribution < 1.29 is 18.3 Å². The fourth-order valence-electron chi connectivity index (χ4n) is 4.39. The van der Waals surface area contributed by atoms with Crippen LogP contribution in [0.2, 0.25) is 0 Å². The highest BCUT2D eigenvalue weighted by Gasteiger charge is 2.33. The van der Waals surface area contributed by atoms with Crippen LogP contribution in [0.15, 0.2) is 65.7 Å². The maximum Gasteiger partial charge on any atom is 0.253 e. The molecule has 0 spiro atoms. The average molecular weight is 453 g/mol.